The predicted molar refractivity (Wildman–Crippen MR) is 81.8 cm³/mol. The van der Waals surface area contributed by atoms with Crippen molar-refractivity contribution in [1.82, 2.24) is 15.0 Å². The van der Waals surface area contributed by atoms with Crippen LogP contribution in [0.25, 0.3) is 11.5 Å². The van der Waals surface area contributed by atoms with Gasteiger partial charge in [0.1, 0.15) is 0 Å². The number of nitrogens with zero attached hydrogens (tertiary/aromatic N) is 3. The third kappa shape index (κ3) is 3.43. The molecule has 0 amide bonds. The van der Waals surface area contributed by atoms with Gasteiger partial charge in [0.25, 0.3) is 5.89 Å². The maximum Gasteiger partial charge on any atom is 0.259 e. The molecule has 0 bridgehead atoms. The van der Waals surface area contributed by atoms with Gasteiger partial charge in [-0.05, 0) is 44.0 Å². The normalized spacial score (nSPS) is 19.8. The van der Waals surface area contributed by atoms with Gasteiger partial charge >= 0.3 is 0 Å². The van der Waals surface area contributed by atoms with E-state index in [1.807, 2.05) is 24.3 Å². The number of aromatic nitrogens is 2. The second kappa shape index (κ2) is 6.56. The van der Waals surface area contributed by atoms with Crippen LogP contribution in [0.2, 0.25) is 5.02 Å². The summed E-state index contributed by atoms with van der Waals surface area (Å²) >= 11 is 6.15. The quantitative estimate of drug-likeness (QED) is 0.940. The lowest BCUT2D eigenvalue weighted by Gasteiger charge is -2.30. The summed E-state index contributed by atoms with van der Waals surface area (Å²) in [6.45, 7) is 3.51. The van der Waals surface area contributed by atoms with Crippen molar-refractivity contribution in [2.75, 3.05) is 19.6 Å². The second-order valence-corrected chi connectivity index (χ2v) is 5.88. The smallest absolute Gasteiger partial charge is 0.259 e. The Labute approximate surface area is 129 Å². The number of hydrogen-bond acceptors (Lipinski definition) is 5. The van der Waals surface area contributed by atoms with Crippen LogP contribution >= 0.6 is 11.6 Å². The summed E-state index contributed by atoms with van der Waals surface area (Å²) in [4.78, 5) is 6.79. The first-order valence-corrected chi connectivity index (χ1v) is 7.64. The Morgan fingerprint density at radius 2 is 2.24 bits per heavy atom. The third-order valence-electron chi connectivity index (χ3n) is 3.87. The summed E-state index contributed by atoms with van der Waals surface area (Å²) in [5.41, 5.74) is 6.54. The monoisotopic (exact) mass is 306 g/mol. The van der Waals surface area contributed by atoms with Crippen molar-refractivity contribution in [2.45, 2.75) is 19.4 Å². The van der Waals surface area contributed by atoms with Gasteiger partial charge in [-0.3, -0.25) is 4.90 Å². The van der Waals surface area contributed by atoms with Crippen molar-refractivity contribution < 1.29 is 4.52 Å². The van der Waals surface area contributed by atoms with Crippen LogP contribution in [-0.2, 0) is 6.54 Å². The number of likely N-dealkylation sites (tertiary alicyclic amines) is 1. The molecule has 1 atom stereocenters. The second-order valence-electron chi connectivity index (χ2n) is 5.47. The lowest BCUT2D eigenvalue weighted by molar-refractivity contribution is 0.166. The summed E-state index contributed by atoms with van der Waals surface area (Å²) in [5, 5.41) is 4.68. The number of hydrogen-bond donors (Lipinski definition) is 1. The average Bonchev–Trinajstić information content (AvgIpc) is 2.96. The Hall–Kier alpha value is -1.43. The zero-order chi connectivity index (χ0) is 14.7. The molecule has 2 N–H and O–H groups in total. The number of piperidine rings is 1. The molecule has 1 fully saturated rings. The number of rotatable bonds is 4. The molecule has 0 saturated carbocycles. The highest BCUT2D eigenvalue weighted by atomic mass is 35.5. The van der Waals surface area contributed by atoms with Crippen molar-refractivity contribution in [1.29, 1.82) is 0 Å². The summed E-state index contributed by atoms with van der Waals surface area (Å²) in [6.07, 6.45) is 2.39. The molecule has 1 aliphatic heterocycles. The van der Waals surface area contributed by atoms with E-state index < -0.39 is 0 Å². The molecule has 21 heavy (non-hydrogen) atoms. The predicted octanol–water partition coefficient (Wildman–Crippen LogP) is 2.56. The standard InChI is InChI=1S/C15H19ClN4O/c16-13-6-2-1-5-12(13)15-18-14(19-21-15)10-20-7-3-4-11(8-17)9-20/h1-2,5-6,11H,3-4,7-10,17H2. The molecule has 6 heteroatoms. The Morgan fingerprint density at radius 1 is 1.38 bits per heavy atom. The summed E-state index contributed by atoms with van der Waals surface area (Å²) < 4.78 is 5.33. The van der Waals surface area contributed by atoms with Gasteiger partial charge in [0.05, 0.1) is 17.1 Å². The fourth-order valence-corrected chi connectivity index (χ4v) is 2.97. The molecule has 2 heterocycles. The summed E-state index contributed by atoms with van der Waals surface area (Å²) in [7, 11) is 0. The van der Waals surface area contributed by atoms with Gasteiger partial charge in [0.15, 0.2) is 5.82 Å². The number of nitrogens with two attached hydrogens (primary N) is 1. The van der Waals surface area contributed by atoms with Gasteiger partial charge < -0.3 is 10.3 Å². The van der Waals surface area contributed by atoms with Crippen LogP contribution < -0.4 is 5.73 Å². The molecular formula is C15H19ClN4O. The first-order valence-electron chi connectivity index (χ1n) is 7.26. The van der Waals surface area contributed by atoms with Crippen LogP contribution in [0.5, 0.6) is 0 Å². The zero-order valence-corrected chi connectivity index (χ0v) is 12.6. The van der Waals surface area contributed by atoms with Crippen LogP contribution in [0.3, 0.4) is 0 Å². The minimum absolute atomic E-state index is 0.475. The molecule has 5 nitrogen and oxygen atoms in total. The minimum atomic E-state index is 0.475. The number of benzene rings is 1. The minimum Gasteiger partial charge on any atom is -0.334 e. The maximum absolute atomic E-state index is 6.15. The fourth-order valence-electron chi connectivity index (χ4n) is 2.75. The Bertz CT molecular complexity index is 601. The molecule has 1 aromatic carbocycles. The summed E-state index contributed by atoms with van der Waals surface area (Å²) in [6, 6.07) is 7.48. The Balaban J connectivity index is 1.69. The van der Waals surface area contributed by atoms with Crippen molar-refractivity contribution in [2.24, 2.45) is 11.7 Å². The van der Waals surface area contributed by atoms with Crippen molar-refractivity contribution in [3.63, 3.8) is 0 Å². The van der Waals surface area contributed by atoms with Gasteiger partial charge in [0.2, 0.25) is 0 Å². The largest absolute Gasteiger partial charge is 0.334 e. The van der Waals surface area contributed by atoms with Crippen LogP contribution in [0, 0.1) is 5.92 Å². The average molecular weight is 307 g/mol. The molecule has 0 radical (unpaired) electrons. The molecule has 1 unspecified atom stereocenters. The number of halogens is 1. The first-order chi connectivity index (χ1) is 10.3. The van der Waals surface area contributed by atoms with Crippen LogP contribution in [-0.4, -0.2) is 34.7 Å². The van der Waals surface area contributed by atoms with Crippen LogP contribution in [0.1, 0.15) is 18.7 Å². The highest BCUT2D eigenvalue weighted by Gasteiger charge is 2.21. The molecule has 0 aliphatic carbocycles. The van der Waals surface area contributed by atoms with Gasteiger partial charge in [-0.2, -0.15) is 4.98 Å². The van der Waals surface area contributed by atoms with E-state index in [0.29, 0.717) is 29.2 Å². The van der Waals surface area contributed by atoms with E-state index in [4.69, 9.17) is 21.9 Å². The van der Waals surface area contributed by atoms with E-state index in [1.54, 1.807) is 0 Å². The van der Waals surface area contributed by atoms with E-state index in [9.17, 15) is 0 Å². The van der Waals surface area contributed by atoms with Crippen molar-refractivity contribution >= 4 is 11.6 Å². The molecule has 0 spiro atoms. The summed E-state index contributed by atoms with van der Waals surface area (Å²) in [5.74, 6) is 1.75. The molecule has 3 rings (SSSR count). The molecular weight excluding hydrogens is 288 g/mol. The molecule has 1 aromatic heterocycles. The van der Waals surface area contributed by atoms with Crippen LogP contribution in [0.4, 0.5) is 0 Å². The van der Waals surface area contributed by atoms with Crippen LogP contribution in [0.15, 0.2) is 28.8 Å². The zero-order valence-electron chi connectivity index (χ0n) is 11.8. The Kier molecular flexibility index (Phi) is 4.53. The maximum atomic E-state index is 6.15. The van der Waals surface area contributed by atoms with E-state index >= 15 is 0 Å². The van der Waals surface area contributed by atoms with Crippen molar-refractivity contribution in [3.8, 4) is 11.5 Å². The van der Waals surface area contributed by atoms with Gasteiger partial charge in [-0.15, -0.1) is 0 Å². The lowest BCUT2D eigenvalue weighted by Crippen LogP contribution is -2.38. The SMILES string of the molecule is NCC1CCCN(Cc2noc(-c3ccccc3Cl)n2)C1. The van der Waals surface area contributed by atoms with E-state index in [1.165, 1.54) is 12.8 Å². The van der Waals surface area contributed by atoms with Gasteiger partial charge in [-0.1, -0.05) is 28.9 Å². The third-order valence-corrected chi connectivity index (χ3v) is 4.20. The molecule has 112 valence electrons. The van der Waals surface area contributed by atoms with Gasteiger partial charge in [0, 0.05) is 6.54 Å². The van der Waals surface area contributed by atoms with E-state index in [-0.39, 0.29) is 0 Å². The van der Waals surface area contributed by atoms with E-state index in [2.05, 4.69) is 15.0 Å². The topological polar surface area (TPSA) is 68.2 Å². The van der Waals surface area contributed by atoms with Gasteiger partial charge in [-0.25, -0.2) is 0 Å². The van der Waals surface area contributed by atoms with Crippen molar-refractivity contribution in [3.05, 3.63) is 35.1 Å². The molecule has 1 aliphatic rings. The first kappa shape index (κ1) is 14.5. The van der Waals surface area contributed by atoms with E-state index in [0.717, 1.165) is 25.2 Å². The highest BCUT2D eigenvalue weighted by molar-refractivity contribution is 6.33. The lowest BCUT2D eigenvalue weighted by atomic mass is 9.98. The molecule has 1 saturated heterocycles. The highest BCUT2D eigenvalue weighted by Crippen LogP contribution is 2.26. The fraction of sp³-hybridized carbons (Fsp3) is 0.467. The molecule has 2 aromatic rings. The Morgan fingerprint density at radius 3 is 3.05 bits per heavy atom.